The van der Waals surface area contributed by atoms with Crippen molar-refractivity contribution in [2.45, 2.75) is 20.0 Å². The van der Waals surface area contributed by atoms with Gasteiger partial charge in [-0.2, -0.15) is 0 Å². The monoisotopic (exact) mass is 150 g/mol. The Morgan fingerprint density at radius 1 is 1.56 bits per heavy atom. The lowest BCUT2D eigenvalue weighted by atomic mass is 10.5. The third-order valence-corrected chi connectivity index (χ3v) is 0.882. The van der Waals surface area contributed by atoms with Crippen molar-refractivity contribution >= 4 is 17.3 Å². The van der Waals surface area contributed by atoms with Crippen LogP contribution in [0, 0.1) is 0 Å². The molecule has 0 heterocycles. The van der Waals surface area contributed by atoms with Crippen LogP contribution in [0.4, 0.5) is 4.79 Å². The fraction of sp³-hybridized carbons (Fsp3) is 0.800. The Hall–Kier alpha value is -0.220. The Balaban J connectivity index is 3.27. The highest BCUT2D eigenvalue weighted by atomic mass is 32.2. The smallest absolute Gasteiger partial charge is 0.394 e. The van der Waals surface area contributed by atoms with E-state index in [1.807, 2.05) is 0 Å². The van der Waals surface area contributed by atoms with E-state index in [0.29, 0.717) is 12.0 Å². The summed E-state index contributed by atoms with van der Waals surface area (Å²) in [5.41, 5.74) is 0. The minimum Gasteiger partial charge on any atom is -0.453 e. The molecule has 0 saturated carbocycles. The van der Waals surface area contributed by atoms with E-state index in [1.165, 1.54) is 7.11 Å². The molecular formula is C5H10O3S. The Morgan fingerprint density at radius 2 is 2.11 bits per heavy atom. The second kappa shape index (κ2) is 4.64. The average molecular weight is 150 g/mol. The molecule has 0 aromatic rings. The van der Waals surface area contributed by atoms with Gasteiger partial charge in [0.05, 0.1) is 13.2 Å². The minimum atomic E-state index is -0.396. The normalized spacial score (nSPS) is 9.78. The van der Waals surface area contributed by atoms with E-state index in [2.05, 4.69) is 8.92 Å². The van der Waals surface area contributed by atoms with E-state index < -0.39 is 5.30 Å². The maximum Gasteiger partial charge on any atom is 0.394 e. The molecule has 0 aromatic carbocycles. The fourth-order valence-electron chi connectivity index (χ4n) is 0.280. The summed E-state index contributed by atoms with van der Waals surface area (Å²) >= 11 is 0.698. The predicted molar refractivity (Wildman–Crippen MR) is 36.2 cm³/mol. The third kappa shape index (κ3) is 5.65. The minimum absolute atomic E-state index is 0.0693. The predicted octanol–water partition coefficient (Wildman–Crippen LogP) is 1.83. The highest BCUT2D eigenvalue weighted by Crippen LogP contribution is 2.06. The summed E-state index contributed by atoms with van der Waals surface area (Å²) in [5, 5.41) is -0.396. The van der Waals surface area contributed by atoms with Gasteiger partial charge in [-0.3, -0.25) is 0 Å². The summed E-state index contributed by atoms with van der Waals surface area (Å²) < 4.78 is 9.14. The van der Waals surface area contributed by atoms with Crippen molar-refractivity contribution < 1.29 is 13.7 Å². The average Bonchev–Trinajstić information content (AvgIpc) is 1.63. The van der Waals surface area contributed by atoms with Crippen molar-refractivity contribution in [2.75, 3.05) is 7.11 Å². The molecule has 0 rings (SSSR count). The first-order chi connectivity index (χ1) is 4.16. The van der Waals surface area contributed by atoms with Gasteiger partial charge in [-0.25, -0.2) is 4.79 Å². The van der Waals surface area contributed by atoms with E-state index in [4.69, 9.17) is 0 Å². The molecular weight excluding hydrogens is 140 g/mol. The van der Waals surface area contributed by atoms with E-state index in [-0.39, 0.29) is 6.10 Å². The Kier molecular flexibility index (Phi) is 4.53. The highest BCUT2D eigenvalue weighted by Gasteiger charge is 2.04. The second-order valence-corrected chi connectivity index (χ2v) is 2.50. The van der Waals surface area contributed by atoms with Crippen LogP contribution in [-0.4, -0.2) is 18.5 Å². The summed E-state index contributed by atoms with van der Waals surface area (Å²) in [4.78, 5) is 10.5. The van der Waals surface area contributed by atoms with Gasteiger partial charge in [0, 0.05) is 0 Å². The first kappa shape index (κ1) is 8.78. The SMILES string of the molecule is COSC(=O)OC(C)C. The maximum atomic E-state index is 10.5. The molecule has 54 valence electrons. The molecule has 0 N–H and O–H groups in total. The molecule has 0 spiro atoms. The fourth-order valence-corrected chi connectivity index (χ4v) is 0.648. The van der Waals surface area contributed by atoms with Crippen molar-refractivity contribution in [1.29, 1.82) is 0 Å². The van der Waals surface area contributed by atoms with Crippen LogP contribution in [0.2, 0.25) is 0 Å². The molecule has 0 unspecified atom stereocenters. The molecule has 3 nitrogen and oxygen atoms in total. The quantitative estimate of drug-likeness (QED) is 0.444. The number of rotatable bonds is 2. The molecule has 0 saturated heterocycles. The number of hydrogen-bond acceptors (Lipinski definition) is 4. The molecule has 0 aliphatic heterocycles. The van der Waals surface area contributed by atoms with Gasteiger partial charge in [0.25, 0.3) is 0 Å². The first-order valence-electron chi connectivity index (χ1n) is 2.58. The molecule has 0 fully saturated rings. The largest absolute Gasteiger partial charge is 0.453 e. The maximum absolute atomic E-state index is 10.5. The van der Waals surface area contributed by atoms with Gasteiger partial charge in [0.15, 0.2) is 0 Å². The van der Waals surface area contributed by atoms with Crippen molar-refractivity contribution in [2.24, 2.45) is 0 Å². The molecule has 4 heteroatoms. The van der Waals surface area contributed by atoms with Crippen LogP contribution in [0.25, 0.3) is 0 Å². The van der Waals surface area contributed by atoms with Crippen LogP contribution >= 0.6 is 12.0 Å². The van der Waals surface area contributed by atoms with E-state index >= 15 is 0 Å². The van der Waals surface area contributed by atoms with Crippen molar-refractivity contribution in [3.8, 4) is 0 Å². The topological polar surface area (TPSA) is 35.5 Å². The zero-order valence-electron chi connectivity index (χ0n) is 5.71. The van der Waals surface area contributed by atoms with Crippen LogP contribution in [-0.2, 0) is 8.92 Å². The molecule has 0 bridgehead atoms. The molecule has 0 atom stereocenters. The summed E-state index contributed by atoms with van der Waals surface area (Å²) in [6.45, 7) is 3.57. The van der Waals surface area contributed by atoms with Gasteiger partial charge in [-0.05, 0) is 13.8 Å². The van der Waals surface area contributed by atoms with Crippen molar-refractivity contribution in [1.82, 2.24) is 0 Å². The van der Waals surface area contributed by atoms with Gasteiger partial charge in [-0.15, -0.1) is 0 Å². The van der Waals surface area contributed by atoms with E-state index in [1.54, 1.807) is 13.8 Å². The number of carbonyl (C=O) groups is 1. The van der Waals surface area contributed by atoms with E-state index in [9.17, 15) is 4.79 Å². The Bertz CT molecular complexity index is 92.2. The summed E-state index contributed by atoms with van der Waals surface area (Å²) in [7, 11) is 1.42. The van der Waals surface area contributed by atoms with Gasteiger partial charge < -0.3 is 8.92 Å². The van der Waals surface area contributed by atoms with Crippen LogP contribution < -0.4 is 0 Å². The molecule has 0 aromatic heterocycles. The summed E-state index contributed by atoms with van der Waals surface area (Å²) in [6, 6.07) is 0. The lowest BCUT2D eigenvalue weighted by molar-refractivity contribution is 0.141. The first-order valence-corrected chi connectivity index (χ1v) is 3.32. The third-order valence-electron chi connectivity index (χ3n) is 0.483. The molecule has 0 radical (unpaired) electrons. The van der Waals surface area contributed by atoms with Gasteiger partial charge >= 0.3 is 5.30 Å². The Morgan fingerprint density at radius 3 is 2.44 bits per heavy atom. The zero-order valence-corrected chi connectivity index (χ0v) is 6.53. The summed E-state index contributed by atoms with van der Waals surface area (Å²) in [5.74, 6) is 0. The van der Waals surface area contributed by atoms with Crippen LogP contribution in [0.5, 0.6) is 0 Å². The van der Waals surface area contributed by atoms with Crippen molar-refractivity contribution in [3.63, 3.8) is 0 Å². The van der Waals surface area contributed by atoms with Gasteiger partial charge in [0.1, 0.15) is 12.0 Å². The number of carbonyl (C=O) groups excluding carboxylic acids is 1. The van der Waals surface area contributed by atoms with E-state index in [0.717, 1.165) is 0 Å². The highest BCUT2D eigenvalue weighted by molar-refractivity contribution is 8.09. The molecule has 0 aliphatic carbocycles. The molecule has 9 heavy (non-hydrogen) atoms. The van der Waals surface area contributed by atoms with Gasteiger partial charge in [0.2, 0.25) is 0 Å². The second-order valence-electron chi connectivity index (χ2n) is 1.67. The summed E-state index contributed by atoms with van der Waals surface area (Å²) in [6.07, 6.45) is -0.0693. The molecule has 0 amide bonds. The lowest BCUT2D eigenvalue weighted by Gasteiger charge is -2.04. The van der Waals surface area contributed by atoms with Crippen LogP contribution in [0.15, 0.2) is 0 Å². The van der Waals surface area contributed by atoms with Gasteiger partial charge in [-0.1, -0.05) is 0 Å². The Labute approximate surface area is 58.9 Å². The lowest BCUT2D eigenvalue weighted by Crippen LogP contribution is -2.05. The zero-order chi connectivity index (χ0) is 7.28. The van der Waals surface area contributed by atoms with Crippen LogP contribution in [0.3, 0.4) is 0 Å². The number of ether oxygens (including phenoxy) is 1. The van der Waals surface area contributed by atoms with Crippen LogP contribution in [0.1, 0.15) is 13.8 Å². The standard InChI is InChI=1S/C5H10O3S/c1-4(2)8-5(6)9-7-3/h4H,1-3H3. The van der Waals surface area contributed by atoms with Crippen molar-refractivity contribution in [3.05, 3.63) is 0 Å². The molecule has 0 aliphatic rings. The number of hydrogen-bond donors (Lipinski definition) is 0.